The second kappa shape index (κ2) is 6.30. The second-order valence-electron chi connectivity index (χ2n) is 7.10. The Hall–Kier alpha value is -2.71. The van der Waals surface area contributed by atoms with Crippen molar-refractivity contribution in [3.8, 4) is 6.07 Å². The minimum absolute atomic E-state index is 0.0414. The van der Waals surface area contributed by atoms with Gasteiger partial charge in [-0.3, -0.25) is 14.7 Å². The van der Waals surface area contributed by atoms with Gasteiger partial charge in [-0.1, -0.05) is 6.07 Å². The van der Waals surface area contributed by atoms with Gasteiger partial charge < -0.3 is 4.90 Å². The van der Waals surface area contributed by atoms with E-state index in [4.69, 9.17) is 5.26 Å². The molecule has 0 aliphatic carbocycles. The molecular formula is C20H20N4O. The molecule has 0 unspecified atom stereocenters. The van der Waals surface area contributed by atoms with Crippen LogP contribution in [0.3, 0.4) is 0 Å². The van der Waals surface area contributed by atoms with Crippen LogP contribution < -0.4 is 4.90 Å². The summed E-state index contributed by atoms with van der Waals surface area (Å²) in [7, 11) is 0. The highest BCUT2D eigenvalue weighted by atomic mass is 16.2. The van der Waals surface area contributed by atoms with Crippen LogP contribution in [0, 0.1) is 16.7 Å². The molecule has 1 spiro atoms. The molecule has 1 aromatic heterocycles. The molecule has 5 heteroatoms. The summed E-state index contributed by atoms with van der Waals surface area (Å²) in [5, 5.41) is 8.92. The standard InChI is InChI=1S/C20H20N4O/c21-12-16-4-6-18(7-5-16)24-15-20(11-19(24)25)8-10-23(14-20)13-17-3-1-2-9-22-17/h1-7,9H,8,10-11,13-15H2/t20-/m0/s1. The quantitative estimate of drug-likeness (QED) is 0.867. The fourth-order valence-electron chi connectivity index (χ4n) is 4.00. The molecule has 0 bridgehead atoms. The van der Waals surface area contributed by atoms with Crippen LogP contribution in [0.25, 0.3) is 0 Å². The average Bonchev–Trinajstić information content (AvgIpc) is 3.18. The summed E-state index contributed by atoms with van der Waals surface area (Å²) in [5.41, 5.74) is 2.63. The SMILES string of the molecule is N#Cc1ccc(N2C[C@@]3(CCN(Cc4ccccn4)C3)CC2=O)cc1. The number of pyridine rings is 1. The molecule has 2 aliphatic rings. The number of rotatable bonds is 3. The van der Waals surface area contributed by atoms with E-state index in [-0.39, 0.29) is 11.3 Å². The van der Waals surface area contributed by atoms with Crippen LogP contribution in [-0.2, 0) is 11.3 Å². The van der Waals surface area contributed by atoms with Crippen molar-refractivity contribution in [2.24, 2.45) is 5.41 Å². The van der Waals surface area contributed by atoms with Crippen LogP contribution in [0.1, 0.15) is 24.1 Å². The van der Waals surface area contributed by atoms with E-state index in [0.29, 0.717) is 12.0 Å². The van der Waals surface area contributed by atoms with Crippen LogP contribution >= 0.6 is 0 Å². The molecule has 0 N–H and O–H groups in total. The molecule has 1 atom stereocenters. The summed E-state index contributed by atoms with van der Waals surface area (Å²) in [6.45, 7) is 3.54. The van der Waals surface area contributed by atoms with Crippen LogP contribution in [0.4, 0.5) is 5.69 Å². The first-order valence-corrected chi connectivity index (χ1v) is 8.60. The molecule has 3 heterocycles. The number of aromatic nitrogens is 1. The minimum atomic E-state index is 0.0414. The van der Waals surface area contributed by atoms with Crippen LogP contribution in [0.2, 0.25) is 0 Å². The number of carbonyl (C=O) groups excluding carboxylic acids is 1. The summed E-state index contributed by atoms with van der Waals surface area (Å²) >= 11 is 0. The van der Waals surface area contributed by atoms with E-state index < -0.39 is 0 Å². The van der Waals surface area contributed by atoms with Crippen molar-refractivity contribution in [1.29, 1.82) is 5.26 Å². The highest BCUT2D eigenvalue weighted by Gasteiger charge is 2.47. The minimum Gasteiger partial charge on any atom is -0.312 e. The molecule has 4 rings (SSSR count). The van der Waals surface area contributed by atoms with Gasteiger partial charge in [0.2, 0.25) is 5.91 Å². The summed E-state index contributed by atoms with van der Waals surface area (Å²) in [5.74, 6) is 0.185. The summed E-state index contributed by atoms with van der Waals surface area (Å²) in [4.78, 5) is 21.3. The van der Waals surface area contributed by atoms with Crippen molar-refractivity contribution in [2.75, 3.05) is 24.5 Å². The molecule has 2 saturated heterocycles. The maximum Gasteiger partial charge on any atom is 0.227 e. The molecule has 0 radical (unpaired) electrons. The molecule has 1 amide bonds. The predicted octanol–water partition coefficient (Wildman–Crippen LogP) is 2.58. The van der Waals surface area contributed by atoms with Crippen LogP contribution in [0.15, 0.2) is 48.7 Å². The number of benzene rings is 1. The smallest absolute Gasteiger partial charge is 0.227 e. The Morgan fingerprint density at radius 2 is 2.00 bits per heavy atom. The summed E-state index contributed by atoms with van der Waals surface area (Å²) < 4.78 is 0. The van der Waals surface area contributed by atoms with Crippen molar-refractivity contribution >= 4 is 11.6 Å². The Kier molecular flexibility index (Phi) is 3.98. The van der Waals surface area contributed by atoms with Gasteiger partial charge in [0.15, 0.2) is 0 Å². The van der Waals surface area contributed by atoms with E-state index in [1.54, 1.807) is 12.1 Å². The third-order valence-electron chi connectivity index (χ3n) is 5.26. The lowest BCUT2D eigenvalue weighted by atomic mass is 9.86. The third-order valence-corrected chi connectivity index (χ3v) is 5.26. The lowest BCUT2D eigenvalue weighted by Gasteiger charge is -2.24. The zero-order valence-electron chi connectivity index (χ0n) is 14.1. The zero-order valence-corrected chi connectivity index (χ0v) is 14.1. The number of carbonyl (C=O) groups is 1. The predicted molar refractivity (Wildman–Crippen MR) is 94.7 cm³/mol. The van der Waals surface area contributed by atoms with Gasteiger partial charge in [0, 0.05) is 43.4 Å². The number of amides is 1. The van der Waals surface area contributed by atoms with Gasteiger partial charge in [0.05, 0.1) is 17.3 Å². The van der Waals surface area contributed by atoms with Crippen molar-refractivity contribution in [2.45, 2.75) is 19.4 Å². The topological polar surface area (TPSA) is 60.2 Å². The normalized spacial score (nSPS) is 23.3. The zero-order chi connectivity index (χ0) is 17.3. The molecule has 126 valence electrons. The van der Waals surface area contributed by atoms with Crippen LogP contribution in [0.5, 0.6) is 0 Å². The Bertz CT molecular complexity index is 812. The fourth-order valence-corrected chi connectivity index (χ4v) is 4.00. The Morgan fingerprint density at radius 3 is 2.72 bits per heavy atom. The highest BCUT2D eigenvalue weighted by molar-refractivity contribution is 5.96. The van der Waals surface area contributed by atoms with E-state index in [0.717, 1.165) is 44.0 Å². The largest absolute Gasteiger partial charge is 0.312 e. The molecule has 2 aromatic rings. The van der Waals surface area contributed by atoms with Gasteiger partial charge in [0.1, 0.15) is 0 Å². The fraction of sp³-hybridized carbons (Fsp3) is 0.350. The number of nitriles is 1. The lowest BCUT2D eigenvalue weighted by molar-refractivity contribution is -0.117. The maximum absolute atomic E-state index is 12.6. The monoisotopic (exact) mass is 332 g/mol. The van der Waals surface area contributed by atoms with Gasteiger partial charge in [0.25, 0.3) is 0 Å². The first-order chi connectivity index (χ1) is 12.2. The Balaban J connectivity index is 1.45. The molecular weight excluding hydrogens is 312 g/mol. The van der Waals surface area contributed by atoms with E-state index in [1.165, 1.54) is 0 Å². The Morgan fingerprint density at radius 1 is 1.16 bits per heavy atom. The molecule has 1 aromatic carbocycles. The van der Waals surface area contributed by atoms with Gasteiger partial charge in [-0.15, -0.1) is 0 Å². The summed E-state index contributed by atoms with van der Waals surface area (Å²) in [6, 6.07) is 15.4. The first-order valence-electron chi connectivity index (χ1n) is 8.60. The summed E-state index contributed by atoms with van der Waals surface area (Å²) in [6.07, 6.45) is 3.47. The second-order valence-corrected chi connectivity index (χ2v) is 7.10. The van der Waals surface area contributed by atoms with E-state index in [2.05, 4.69) is 16.0 Å². The number of hydrogen-bond donors (Lipinski definition) is 0. The van der Waals surface area contributed by atoms with Crippen molar-refractivity contribution in [3.05, 3.63) is 59.9 Å². The third kappa shape index (κ3) is 3.13. The lowest BCUT2D eigenvalue weighted by Crippen LogP contribution is -2.31. The van der Waals surface area contributed by atoms with Crippen molar-refractivity contribution in [1.82, 2.24) is 9.88 Å². The van der Waals surface area contributed by atoms with Gasteiger partial charge in [-0.05, 0) is 49.4 Å². The average molecular weight is 332 g/mol. The molecule has 0 saturated carbocycles. The van der Waals surface area contributed by atoms with Crippen LogP contribution in [-0.4, -0.2) is 35.4 Å². The van der Waals surface area contributed by atoms with Crippen molar-refractivity contribution in [3.63, 3.8) is 0 Å². The van der Waals surface area contributed by atoms with E-state index in [1.807, 2.05) is 41.4 Å². The number of likely N-dealkylation sites (tertiary alicyclic amines) is 1. The van der Waals surface area contributed by atoms with E-state index in [9.17, 15) is 4.79 Å². The molecule has 5 nitrogen and oxygen atoms in total. The first kappa shape index (κ1) is 15.8. The Labute approximate surface area is 147 Å². The van der Waals surface area contributed by atoms with Crippen molar-refractivity contribution < 1.29 is 4.79 Å². The number of anilines is 1. The molecule has 2 aliphatic heterocycles. The molecule has 25 heavy (non-hydrogen) atoms. The molecule has 2 fully saturated rings. The van der Waals surface area contributed by atoms with Gasteiger partial charge in [-0.2, -0.15) is 5.26 Å². The van der Waals surface area contributed by atoms with E-state index >= 15 is 0 Å². The number of nitrogens with zero attached hydrogens (tertiary/aromatic N) is 4. The van der Waals surface area contributed by atoms with Gasteiger partial charge in [-0.25, -0.2) is 0 Å². The number of hydrogen-bond acceptors (Lipinski definition) is 4. The maximum atomic E-state index is 12.6. The van der Waals surface area contributed by atoms with Gasteiger partial charge >= 0.3 is 0 Å². The highest BCUT2D eigenvalue weighted by Crippen LogP contribution is 2.42.